The minimum Gasteiger partial charge on any atom is -0.345 e. The molecule has 0 aliphatic carbocycles. The van der Waals surface area contributed by atoms with Crippen molar-refractivity contribution < 1.29 is 19.3 Å². The van der Waals surface area contributed by atoms with Crippen molar-refractivity contribution in [1.82, 2.24) is 10.2 Å². The van der Waals surface area contributed by atoms with E-state index in [0.29, 0.717) is 25.1 Å². The number of anilines is 1. The zero-order chi connectivity index (χ0) is 19.3. The van der Waals surface area contributed by atoms with Gasteiger partial charge < -0.3 is 15.5 Å². The van der Waals surface area contributed by atoms with Gasteiger partial charge in [0.2, 0.25) is 17.7 Å². The largest absolute Gasteiger partial charge is 0.345 e. The van der Waals surface area contributed by atoms with Gasteiger partial charge in [0.25, 0.3) is 5.69 Å². The Morgan fingerprint density at radius 2 is 1.96 bits per heavy atom. The summed E-state index contributed by atoms with van der Waals surface area (Å²) in [4.78, 5) is 48.1. The second-order valence-corrected chi connectivity index (χ2v) is 6.13. The number of amides is 3. The number of carbonyl (C=O) groups excluding carboxylic acids is 3. The summed E-state index contributed by atoms with van der Waals surface area (Å²) in [5.41, 5.74) is 0.355. The number of carbonyl (C=O) groups is 3. The van der Waals surface area contributed by atoms with Crippen molar-refractivity contribution in [2.45, 2.75) is 45.2 Å². The molecule has 3 amide bonds. The van der Waals surface area contributed by atoms with Crippen LogP contribution in [-0.4, -0.2) is 46.2 Å². The van der Waals surface area contributed by atoms with Crippen LogP contribution in [-0.2, 0) is 14.4 Å². The monoisotopic (exact) mass is 362 g/mol. The van der Waals surface area contributed by atoms with Crippen molar-refractivity contribution in [1.29, 1.82) is 0 Å². The number of nitro groups is 1. The number of nitro benzene ring substituents is 1. The normalized spacial score (nSPS) is 17.5. The Bertz CT molecular complexity index is 704. The second kappa shape index (κ2) is 8.41. The van der Waals surface area contributed by atoms with E-state index in [1.807, 2.05) is 0 Å². The molecular formula is C17H22N4O5. The zero-order valence-electron chi connectivity index (χ0n) is 14.7. The van der Waals surface area contributed by atoms with E-state index >= 15 is 0 Å². The predicted octanol–water partition coefficient (Wildman–Crippen LogP) is 1.44. The third-order valence-electron chi connectivity index (χ3n) is 4.25. The first-order valence-electron chi connectivity index (χ1n) is 8.48. The Morgan fingerprint density at radius 1 is 1.31 bits per heavy atom. The van der Waals surface area contributed by atoms with Crippen molar-refractivity contribution in [3.63, 3.8) is 0 Å². The van der Waals surface area contributed by atoms with Gasteiger partial charge in [0.1, 0.15) is 12.1 Å². The standard InChI is InChI=1S/C17H22N4O5/c1-3-15(22)18-11(2)17(24)20-10-4-5-14(20)16(23)19-12-6-8-13(9-7-12)21(25)26/h6-9,11,14H,3-5,10H2,1-2H3,(H,18,22)(H,19,23)/t11-,14-/m0/s1. The third-order valence-corrected chi connectivity index (χ3v) is 4.25. The number of benzene rings is 1. The van der Waals surface area contributed by atoms with Crippen molar-refractivity contribution in [2.24, 2.45) is 0 Å². The molecule has 0 unspecified atom stereocenters. The highest BCUT2D eigenvalue weighted by atomic mass is 16.6. The van der Waals surface area contributed by atoms with E-state index in [1.165, 1.54) is 29.2 Å². The van der Waals surface area contributed by atoms with Crippen molar-refractivity contribution in [3.05, 3.63) is 34.4 Å². The summed E-state index contributed by atoms with van der Waals surface area (Å²) in [5, 5.41) is 16.0. The molecule has 2 atom stereocenters. The number of nitrogens with one attached hydrogen (secondary N) is 2. The molecule has 0 spiro atoms. The molecule has 2 rings (SSSR count). The van der Waals surface area contributed by atoms with Gasteiger partial charge in [-0.15, -0.1) is 0 Å². The highest BCUT2D eigenvalue weighted by Gasteiger charge is 2.36. The summed E-state index contributed by atoms with van der Waals surface area (Å²) in [7, 11) is 0. The Labute approximate surface area is 150 Å². The summed E-state index contributed by atoms with van der Waals surface area (Å²) in [5.74, 6) is -0.871. The van der Waals surface area contributed by atoms with Gasteiger partial charge >= 0.3 is 0 Å². The molecule has 2 N–H and O–H groups in total. The molecule has 140 valence electrons. The number of hydrogen-bond acceptors (Lipinski definition) is 5. The number of rotatable bonds is 6. The van der Waals surface area contributed by atoms with E-state index in [0.717, 1.165) is 0 Å². The number of nitrogens with zero attached hydrogens (tertiary/aromatic N) is 2. The maximum Gasteiger partial charge on any atom is 0.269 e. The van der Waals surface area contributed by atoms with E-state index in [2.05, 4.69) is 10.6 Å². The second-order valence-electron chi connectivity index (χ2n) is 6.13. The van der Waals surface area contributed by atoms with Gasteiger partial charge in [0, 0.05) is 30.8 Å². The van der Waals surface area contributed by atoms with Crippen LogP contribution in [0.25, 0.3) is 0 Å². The fourth-order valence-electron chi connectivity index (χ4n) is 2.85. The van der Waals surface area contributed by atoms with Gasteiger partial charge in [-0.05, 0) is 31.9 Å². The van der Waals surface area contributed by atoms with Crippen LogP contribution in [0.3, 0.4) is 0 Å². The number of likely N-dealkylation sites (tertiary alicyclic amines) is 1. The SMILES string of the molecule is CCC(=O)N[C@@H](C)C(=O)N1CCC[C@H]1C(=O)Nc1ccc([N+](=O)[O-])cc1. The first-order chi connectivity index (χ1) is 12.3. The lowest BCUT2D eigenvalue weighted by Crippen LogP contribution is -2.51. The van der Waals surface area contributed by atoms with Gasteiger partial charge in [-0.25, -0.2) is 0 Å². The van der Waals surface area contributed by atoms with E-state index in [9.17, 15) is 24.5 Å². The lowest BCUT2D eigenvalue weighted by Gasteiger charge is -2.27. The van der Waals surface area contributed by atoms with Crippen molar-refractivity contribution >= 4 is 29.1 Å². The first kappa shape index (κ1) is 19.4. The molecule has 0 saturated carbocycles. The minimum absolute atomic E-state index is 0.0684. The van der Waals surface area contributed by atoms with Gasteiger partial charge in [0.15, 0.2) is 0 Å². The fourth-order valence-corrected chi connectivity index (χ4v) is 2.85. The maximum absolute atomic E-state index is 12.5. The summed E-state index contributed by atoms with van der Waals surface area (Å²) in [6.45, 7) is 3.74. The van der Waals surface area contributed by atoms with Crippen molar-refractivity contribution in [2.75, 3.05) is 11.9 Å². The topological polar surface area (TPSA) is 122 Å². The van der Waals surface area contributed by atoms with Crippen molar-refractivity contribution in [3.8, 4) is 0 Å². The van der Waals surface area contributed by atoms with Gasteiger partial charge in [0.05, 0.1) is 4.92 Å². The average molecular weight is 362 g/mol. The van der Waals surface area contributed by atoms with Crippen LogP contribution in [0.5, 0.6) is 0 Å². The fraction of sp³-hybridized carbons (Fsp3) is 0.471. The summed E-state index contributed by atoms with van der Waals surface area (Å²) in [6, 6.07) is 4.17. The molecule has 1 aliphatic rings. The number of hydrogen-bond donors (Lipinski definition) is 2. The molecular weight excluding hydrogens is 340 g/mol. The quantitative estimate of drug-likeness (QED) is 0.586. The lowest BCUT2D eigenvalue weighted by molar-refractivity contribution is -0.384. The average Bonchev–Trinajstić information content (AvgIpc) is 3.11. The van der Waals surface area contributed by atoms with E-state index in [1.54, 1.807) is 13.8 Å². The van der Waals surface area contributed by atoms with Crippen LogP contribution < -0.4 is 10.6 Å². The van der Waals surface area contributed by atoms with E-state index in [4.69, 9.17) is 0 Å². The molecule has 0 aromatic heterocycles. The highest BCUT2D eigenvalue weighted by molar-refractivity contribution is 5.98. The lowest BCUT2D eigenvalue weighted by atomic mass is 10.1. The molecule has 26 heavy (non-hydrogen) atoms. The third kappa shape index (κ3) is 4.56. The molecule has 0 radical (unpaired) electrons. The van der Waals surface area contributed by atoms with E-state index < -0.39 is 17.0 Å². The number of non-ortho nitro benzene ring substituents is 1. The first-order valence-corrected chi connectivity index (χ1v) is 8.48. The smallest absolute Gasteiger partial charge is 0.269 e. The highest BCUT2D eigenvalue weighted by Crippen LogP contribution is 2.21. The molecule has 1 saturated heterocycles. The van der Waals surface area contributed by atoms with Crippen LogP contribution in [0.1, 0.15) is 33.1 Å². The van der Waals surface area contributed by atoms with E-state index in [-0.39, 0.29) is 29.8 Å². The Hall–Kier alpha value is -2.97. The molecule has 9 nitrogen and oxygen atoms in total. The van der Waals surface area contributed by atoms with Crippen LogP contribution in [0.15, 0.2) is 24.3 Å². The minimum atomic E-state index is -0.699. The van der Waals surface area contributed by atoms with Gasteiger partial charge in [-0.3, -0.25) is 24.5 Å². The van der Waals surface area contributed by atoms with Crippen LogP contribution in [0, 0.1) is 10.1 Å². The summed E-state index contributed by atoms with van der Waals surface area (Å²) >= 11 is 0. The molecule has 0 bridgehead atoms. The van der Waals surface area contributed by atoms with Gasteiger partial charge in [-0.1, -0.05) is 6.92 Å². The molecule has 1 aliphatic heterocycles. The molecule has 1 fully saturated rings. The van der Waals surface area contributed by atoms with Crippen LogP contribution in [0.4, 0.5) is 11.4 Å². The Kier molecular flexibility index (Phi) is 6.26. The maximum atomic E-state index is 12.5. The molecule has 1 aromatic rings. The van der Waals surface area contributed by atoms with Crippen LogP contribution >= 0.6 is 0 Å². The Balaban J connectivity index is 2.01. The van der Waals surface area contributed by atoms with Crippen LogP contribution in [0.2, 0.25) is 0 Å². The molecule has 9 heteroatoms. The summed E-state index contributed by atoms with van der Waals surface area (Å²) < 4.78 is 0. The molecule has 1 aromatic carbocycles. The molecule has 1 heterocycles. The zero-order valence-corrected chi connectivity index (χ0v) is 14.7. The van der Waals surface area contributed by atoms with Gasteiger partial charge in [-0.2, -0.15) is 0 Å². The predicted molar refractivity (Wildman–Crippen MR) is 94.4 cm³/mol. The summed E-state index contributed by atoms with van der Waals surface area (Å²) in [6.07, 6.45) is 1.50. The Morgan fingerprint density at radius 3 is 2.54 bits per heavy atom.